The fraction of sp³-hybridized carbons (Fsp3) is 0.611. The summed E-state index contributed by atoms with van der Waals surface area (Å²) >= 11 is 0.939. The van der Waals surface area contributed by atoms with Crippen LogP contribution in [0.5, 0.6) is 0 Å². The number of esters is 1. The van der Waals surface area contributed by atoms with E-state index >= 15 is 8.78 Å². The minimum absolute atomic E-state index is 0.00208. The average molecular weight is 641 g/mol. The van der Waals surface area contributed by atoms with Gasteiger partial charge in [-0.25, -0.2) is 8.78 Å². The largest absolute Gasteiger partial charge is 0.449 e. The molecule has 9 heteroatoms. The van der Waals surface area contributed by atoms with Gasteiger partial charge in [-0.2, -0.15) is 0 Å². The predicted molar refractivity (Wildman–Crippen MR) is 167 cm³/mol. The monoisotopic (exact) mass is 640 g/mol. The number of carbonyl (C=O) groups excluding carboxylic acids is 4. The van der Waals surface area contributed by atoms with Crippen molar-refractivity contribution in [1.82, 2.24) is 0 Å². The van der Waals surface area contributed by atoms with Crippen molar-refractivity contribution < 1.29 is 37.8 Å². The lowest BCUT2D eigenvalue weighted by atomic mass is 9.45. The summed E-state index contributed by atoms with van der Waals surface area (Å²) in [4.78, 5) is 54.4. The highest BCUT2D eigenvalue weighted by molar-refractivity contribution is 8.15. The number of hydrogen-bond acceptors (Lipinski definition) is 7. The molecule has 1 aromatic rings. The molecule has 6 nitrogen and oxygen atoms in total. The molecule has 5 aliphatic carbocycles. The van der Waals surface area contributed by atoms with Crippen molar-refractivity contribution in [1.29, 1.82) is 0 Å². The number of benzene rings is 1. The molecule has 0 heterocycles. The quantitative estimate of drug-likeness (QED) is 0.263. The molecule has 8 atom stereocenters. The minimum atomic E-state index is -2.31. The number of rotatable bonds is 6. The van der Waals surface area contributed by atoms with E-state index in [1.165, 1.54) is 12.2 Å². The molecule has 0 bridgehead atoms. The fourth-order valence-electron chi connectivity index (χ4n) is 9.87. The number of allylic oxidation sites excluding steroid dienone is 4. The summed E-state index contributed by atoms with van der Waals surface area (Å²) < 4.78 is 38.9. The zero-order valence-electron chi connectivity index (χ0n) is 26.4. The van der Waals surface area contributed by atoms with Gasteiger partial charge in [0.25, 0.3) is 0 Å². The van der Waals surface area contributed by atoms with Crippen molar-refractivity contribution >= 4 is 34.4 Å². The molecule has 1 N–H and O–H groups in total. The second-order valence-electron chi connectivity index (χ2n) is 14.4. The molecule has 45 heavy (non-hydrogen) atoms. The summed E-state index contributed by atoms with van der Waals surface area (Å²) in [7, 11) is 0. The number of fused-ring (bicyclic) bond motifs is 5. The average Bonchev–Trinajstić information content (AvgIpc) is 3.57. The van der Waals surface area contributed by atoms with E-state index < -0.39 is 67.6 Å². The number of ketones is 2. The van der Waals surface area contributed by atoms with Crippen LogP contribution in [-0.2, 0) is 19.1 Å². The maximum atomic E-state index is 17.8. The second-order valence-corrected chi connectivity index (χ2v) is 15.7. The smallest absolute Gasteiger partial charge is 0.306 e. The van der Waals surface area contributed by atoms with E-state index in [0.717, 1.165) is 24.6 Å². The number of halogens is 2. The van der Waals surface area contributed by atoms with E-state index in [2.05, 4.69) is 0 Å². The van der Waals surface area contributed by atoms with Crippen LogP contribution >= 0.6 is 11.8 Å². The topological polar surface area (TPSA) is 97.7 Å². The Morgan fingerprint density at radius 1 is 1.09 bits per heavy atom. The summed E-state index contributed by atoms with van der Waals surface area (Å²) in [6.45, 7) is 6.75. The molecular weight excluding hydrogens is 598 g/mol. The molecule has 3 fully saturated rings. The van der Waals surface area contributed by atoms with Crippen LogP contribution in [0.1, 0.15) is 95.8 Å². The maximum Gasteiger partial charge on any atom is 0.306 e. The van der Waals surface area contributed by atoms with Gasteiger partial charge in [-0.3, -0.25) is 19.2 Å². The summed E-state index contributed by atoms with van der Waals surface area (Å²) in [6, 6.07) is 8.86. The molecule has 3 saturated carbocycles. The van der Waals surface area contributed by atoms with Gasteiger partial charge in [0.2, 0.25) is 5.12 Å². The van der Waals surface area contributed by atoms with Gasteiger partial charge in [-0.15, -0.1) is 0 Å². The van der Waals surface area contributed by atoms with Crippen LogP contribution in [0.15, 0.2) is 53.9 Å². The molecule has 0 aromatic heterocycles. The first-order valence-corrected chi connectivity index (χ1v) is 17.0. The Morgan fingerprint density at radius 3 is 2.40 bits per heavy atom. The first kappa shape index (κ1) is 32.3. The van der Waals surface area contributed by atoms with E-state index in [4.69, 9.17) is 4.74 Å². The van der Waals surface area contributed by atoms with Gasteiger partial charge in [0, 0.05) is 47.5 Å². The zero-order valence-corrected chi connectivity index (χ0v) is 27.2. The second kappa shape index (κ2) is 11.0. The highest BCUT2D eigenvalue weighted by Gasteiger charge is 2.78. The Balaban J connectivity index is 1.45. The molecule has 0 spiro atoms. The van der Waals surface area contributed by atoms with Crippen molar-refractivity contribution in [3.8, 4) is 0 Å². The molecule has 0 saturated heterocycles. The maximum absolute atomic E-state index is 17.8. The van der Waals surface area contributed by atoms with Crippen LogP contribution in [0.2, 0.25) is 0 Å². The molecule has 0 amide bonds. The third-order valence-corrected chi connectivity index (χ3v) is 13.7. The summed E-state index contributed by atoms with van der Waals surface area (Å²) in [5.41, 5.74) is -6.30. The Labute approximate surface area is 267 Å². The first-order chi connectivity index (χ1) is 21.2. The predicted octanol–water partition coefficient (Wildman–Crippen LogP) is 7.05. The Kier molecular flexibility index (Phi) is 7.87. The zero-order chi connectivity index (χ0) is 32.6. The molecule has 6 rings (SSSR count). The summed E-state index contributed by atoms with van der Waals surface area (Å²) in [5.74, 6) is -3.87. The molecule has 5 aliphatic rings. The number of aliphatic hydroxyl groups is 1. The van der Waals surface area contributed by atoms with Gasteiger partial charge in [0.15, 0.2) is 22.8 Å². The lowest BCUT2D eigenvalue weighted by Crippen LogP contribution is -2.69. The van der Waals surface area contributed by atoms with Crippen molar-refractivity contribution in [2.75, 3.05) is 0 Å². The van der Waals surface area contributed by atoms with Crippen molar-refractivity contribution in [3.63, 3.8) is 0 Å². The van der Waals surface area contributed by atoms with Gasteiger partial charge < -0.3 is 9.84 Å². The standard InChI is InChI=1S/C36H42F2O6S/c1-5-29(41)44-36(31(43)45-34(14-9-10-15-34)30(42)22-11-7-6-8-12-22)21(2)17-24-25-19-27(37)26-18-23(39)13-16-32(26,3)35(25,38)28(40)20-33(24,36)4/h6-8,11-13,16,21,24-25,28,40H,5,9-10,14-15,17-20H2,1-4H3/t21-,24?,25?,28+,32+,33+,35+,36+/m1/s1. The summed E-state index contributed by atoms with van der Waals surface area (Å²) in [6.07, 6.45) is 3.05. The van der Waals surface area contributed by atoms with Crippen LogP contribution in [0.3, 0.4) is 0 Å². The molecule has 242 valence electrons. The van der Waals surface area contributed by atoms with E-state index in [9.17, 15) is 24.3 Å². The number of hydrogen-bond donors (Lipinski definition) is 1. The fourth-order valence-corrected chi connectivity index (χ4v) is 11.6. The third-order valence-electron chi connectivity index (χ3n) is 12.2. The molecule has 2 unspecified atom stereocenters. The van der Waals surface area contributed by atoms with E-state index in [-0.39, 0.29) is 49.2 Å². The number of ether oxygens (including phenoxy) is 1. The number of alkyl halides is 1. The van der Waals surface area contributed by atoms with Crippen LogP contribution in [-0.4, -0.2) is 49.9 Å². The normalized spacial score (nSPS) is 40.0. The van der Waals surface area contributed by atoms with Crippen LogP contribution in [0.25, 0.3) is 0 Å². The molecule has 0 aliphatic heterocycles. The van der Waals surface area contributed by atoms with Crippen molar-refractivity contribution in [2.45, 2.75) is 108 Å². The lowest BCUT2D eigenvalue weighted by molar-refractivity contribution is -0.223. The molecular formula is C36H42F2O6S. The molecule has 0 radical (unpaired) electrons. The van der Waals surface area contributed by atoms with Gasteiger partial charge in [0.05, 0.1) is 10.9 Å². The van der Waals surface area contributed by atoms with Gasteiger partial charge in [-0.05, 0) is 50.2 Å². The number of carbonyl (C=O) groups is 4. The third kappa shape index (κ3) is 4.35. The number of aliphatic hydroxyl groups excluding tert-OH is 1. The van der Waals surface area contributed by atoms with Crippen molar-refractivity contribution in [3.05, 3.63) is 59.4 Å². The van der Waals surface area contributed by atoms with E-state index in [0.29, 0.717) is 18.4 Å². The Morgan fingerprint density at radius 2 is 1.76 bits per heavy atom. The number of thioether (sulfide) groups is 1. The van der Waals surface area contributed by atoms with Gasteiger partial charge in [-0.1, -0.05) is 81.8 Å². The SMILES string of the molecule is CCC(=O)O[C@]1(C(=O)SC2(C(=O)c3ccccc3)CCCC2)[C@H](C)CC2C3CC(F)=C4CC(=O)C=C[C@]4(C)[C@@]3(F)[C@@H](O)C[C@@]21C. The van der Waals surface area contributed by atoms with Gasteiger partial charge in [0.1, 0.15) is 5.83 Å². The summed E-state index contributed by atoms with van der Waals surface area (Å²) in [5, 5.41) is 11.4. The van der Waals surface area contributed by atoms with Crippen LogP contribution < -0.4 is 0 Å². The Bertz CT molecular complexity index is 1500. The molecule has 1 aromatic carbocycles. The first-order valence-electron chi connectivity index (χ1n) is 16.2. The lowest BCUT2D eigenvalue weighted by Gasteiger charge is -2.62. The highest BCUT2D eigenvalue weighted by atomic mass is 32.2. The van der Waals surface area contributed by atoms with Crippen LogP contribution in [0, 0.1) is 28.6 Å². The number of Topliss-reactive ketones (excluding diaryl/α,β-unsaturated/α-hetero) is 1. The van der Waals surface area contributed by atoms with E-state index in [1.54, 1.807) is 52.0 Å². The highest BCUT2D eigenvalue weighted by Crippen LogP contribution is 2.72. The van der Waals surface area contributed by atoms with Crippen molar-refractivity contribution in [2.24, 2.45) is 28.6 Å². The van der Waals surface area contributed by atoms with E-state index in [1.807, 2.05) is 6.07 Å². The van der Waals surface area contributed by atoms with Gasteiger partial charge >= 0.3 is 5.97 Å². The van der Waals surface area contributed by atoms with Crippen LogP contribution in [0.4, 0.5) is 8.78 Å². The Hall–Kier alpha value is -2.65. The minimum Gasteiger partial charge on any atom is -0.449 e.